The summed E-state index contributed by atoms with van der Waals surface area (Å²) in [5.74, 6) is 0.405. The van der Waals surface area contributed by atoms with Crippen LogP contribution in [-0.4, -0.2) is 21.4 Å². The van der Waals surface area contributed by atoms with E-state index in [-0.39, 0.29) is 0 Å². The summed E-state index contributed by atoms with van der Waals surface area (Å²) < 4.78 is 0. The molecule has 0 amide bonds. The molecule has 6 heteroatoms. The molecule has 6 nitrogen and oxygen atoms in total. The highest BCUT2D eigenvalue weighted by molar-refractivity contribution is 5.78. The number of pyridine rings is 1. The van der Waals surface area contributed by atoms with E-state index < -0.39 is 0 Å². The first-order chi connectivity index (χ1) is 7.74. The molecule has 0 unspecified atom stereocenters. The number of aromatic nitrogens is 3. The Balaban J connectivity index is 2.46. The first kappa shape index (κ1) is 10.3. The Hall–Kier alpha value is -2.24. The van der Waals surface area contributed by atoms with Crippen LogP contribution in [0.4, 0.5) is 11.5 Å². The highest BCUT2D eigenvalue weighted by Gasteiger charge is 2.14. The monoisotopic (exact) mass is 218 g/mol. The van der Waals surface area contributed by atoms with Crippen LogP contribution in [0, 0.1) is 0 Å². The van der Waals surface area contributed by atoms with E-state index in [2.05, 4.69) is 15.5 Å². The van der Waals surface area contributed by atoms with Crippen LogP contribution in [0.15, 0.2) is 24.4 Å². The van der Waals surface area contributed by atoms with Gasteiger partial charge in [-0.05, 0) is 19.1 Å². The number of nitrogens with zero attached hydrogens (tertiary/aromatic N) is 3. The summed E-state index contributed by atoms with van der Waals surface area (Å²) in [4.78, 5) is 5.66. The third-order valence-corrected chi connectivity index (χ3v) is 2.17. The molecule has 0 aromatic carbocycles. The van der Waals surface area contributed by atoms with Crippen LogP contribution in [0.2, 0.25) is 0 Å². The molecule has 0 aliphatic heterocycles. The van der Waals surface area contributed by atoms with Crippen LogP contribution in [0.5, 0.6) is 0 Å². The molecule has 2 heterocycles. The van der Waals surface area contributed by atoms with Crippen LogP contribution in [0.25, 0.3) is 11.4 Å². The van der Waals surface area contributed by atoms with Crippen molar-refractivity contribution in [1.29, 1.82) is 0 Å². The van der Waals surface area contributed by atoms with Gasteiger partial charge in [-0.15, -0.1) is 5.10 Å². The Labute approximate surface area is 93.2 Å². The van der Waals surface area contributed by atoms with E-state index in [0.717, 1.165) is 0 Å². The average Bonchev–Trinajstić information content (AvgIpc) is 2.59. The molecule has 16 heavy (non-hydrogen) atoms. The summed E-state index contributed by atoms with van der Waals surface area (Å²) in [5, 5.41) is 4.26. The van der Waals surface area contributed by atoms with Crippen LogP contribution >= 0.6 is 0 Å². The van der Waals surface area contributed by atoms with E-state index >= 15 is 0 Å². The van der Waals surface area contributed by atoms with Crippen molar-refractivity contribution in [2.45, 2.75) is 6.92 Å². The number of nitrogens with one attached hydrogen (secondary N) is 1. The van der Waals surface area contributed by atoms with Gasteiger partial charge in [-0.2, -0.15) is 4.79 Å². The van der Waals surface area contributed by atoms with E-state index in [9.17, 15) is 0 Å². The van der Waals surface area contributed by atoms with Crippen LogP contribution < -0.4 is 16.9 Å². The van der Waals surface area contributed by atoms with Crippen molar-refractivity contribution in [3.63, 3.8) is 0 Å². The highest BCUT2D eigenvalue weighted by atomic mass is 15.6. The molecule has 2 aromatic heterocycles. The maximum Gasteiger partial charge on any atom is 0.168 e. The first-order valence-electron chi connectivity index (χ1n) is 5.03. The van der Waals surface area contributed by atoms with Crippen molar-refractivity contribution < 1.29 is 0 Å². The zero-order chi connectivity index (χ0) is 11.5. The summed E-state index contributed by atoms with van der Waals surface area (Å²) in [6.07, 6.45) is 1.69. The van der Waals surface area contributed by atoms with E-state index in [1.165, 1.54) is 4.79 Å². The van der Waals surface area contributed by atoms with Crippen LogP contribution in [0.1, 0.15) is 6.92 Å². The largest absolute Gasteiger partial charge is 0.394 e. The maximum atomic E-state index is 5.88. The highest BCUT2D eigenvalue weighted by Crippen LogP contribution is 2.26. The lowest BCUT2D eigenvalue weighted by atomic mass is 10.2. The van der Waals surface area contributed by atoms with Gasteiger partial charge in [0.1, 0.15) is 11.4 Å². The molecule has 0 spiro atoms. The van der Waals surface area contributed by atoms with Gasteiger partial charge in [0.05, 0.1) is 5.69 Å². The summed E-state index contributed by atoms with van der Waals surface area (Å²) in [6.45, 7) is 2.67. The van der Waals surface area contributed by atoms with Gasteiger partial charge in [-0.3, -0.25) is 4.98 Å². The Kier molecular flexibility index (Phi) is 2.63. The second-order valence-corrected chi connectivity index (χ2v) is 3.29. The minimum Gasteiger partial charge on any atom is -0.394 e. The second kappa shape index (κ2) is 4.09. The van der Waals surface area contributed by atoms with Crippen molar-refractivity contribution >= 4 is 11.5 Å². The molecule has 5 N–H and O–H groups in total. The molecule has 0 bridgehead atoms. The molecule has 0 saturated carbocycles. The normalized spacial score (nSPS) is 10.3. The average molecular weight is 218 g/mol. The zero-order valence-electron chi connectivity index (χ0n) is 9.01. The minimum absolute atomic E-state index is 0.405. The van der Waals surface area contributed by atoms with E-state index in [1.807, 2.05) is 25.1 Å². The molecule has 0 fully saturated rings. The molecule has 0 saturated heterocycles. The Morgan fingerprint density at radius 3 is 2.81 bits per heavy atom. The van der Waals surface area contributed by atoms with Crippen molar-refractivity contribution in [2.75, 3.05) is 23.4 Å². The third-order valence-electron chi connectivity index (χ3n) is 2.17. The third kappa shape index (κ3) is 1.65. The van der Waals surface area contributed by atoms with Crippen molar-refractivity contribution in [3.05, 3.63) is 24.4 Å². The minimum atomic E-state index is 0.405. The topological polar surface area (TPSA) is 94.8 Å². The van der Waals surface area contributed by atoms with Gasteiger partial charge in [-0.1, -0.05) is 6.07 Å². The molecule has 0 aliphatic rings. The number of anilines is 2. The van der Waals surface area contributed by atoms with Crippen LogP contribution in [-0.2, 0) is 0 Å². The Morgan fingerprint density at radius 1 is 1.38 bits per heavy atom. The van der Waals surface area contributed by atoms with Gasteiger partial charge in [-0.25, -0.2) is 0 Å². The first-order valence-corrected chi connectivity index (χ1v) is 5.03. The van der Waals surface area contributed by atoms with Gasteiger partial charge in [0.2, 0.25) is 0 Å². The zero-order valence-corrected chi connectivity index (χ0v) is 9.01. The smallest absolute Gasteiger partial charge is 0.168 e. The van der Waals surface area contributed by atoms with Crippen molar-refractivity contribution in [2.24, 2.45) is 0 Å². The Bertz CT molecular complexity index is 476. The number of nitrogen functional groups attached to an aromatic ring is 2. The number of hydrogen-bond acceptors (Lipinski definition) is 5. The molecule has 84 valence electrons. The van der Waals surface area contributed by atoms with E-state index in [4.69, 9.17) is 11.5 Å². The standard InChI is InChI=1S/C10H14N6/c1-2-14-16-10(12)8(11)9(15-16)7-5-3-4-6-13-7/h3-6,14H,2,11-12H2,1H3. The molecule has 2 rings (SSSR count). The fourth-order valence-electron chi connectivity index (χ4n) is 1.41. The van der Waals surface area contributed by atoms with Crippen molar-refractivity contribution in [1.82, 2.24) is 14.9 Å². The lowest BCUT2D eigenvalue weighted by Crippen LogP contribution is -2.17. The van der Waals surface area contributed by atoms with E-state index in [0.29, 0.717) is 29.4 Å². The second-order valence-electron chi connectivity index (χ2n) is 3.29. The SMILES string of the molecule is CCNn1nc(-c2ccccn2)c(N)c1N. The maximum absolute atomic E-state index is 5.88. The summed E-state index contributed by atoms with van der Waals surface area (Å²) >= 11 is 0. The van der Waals surface area contributed by atoms with Gasteiger partial charge in [0.15, 0.2) is 5.82 Å². The van der Waals surface area contributed by atoms with Crippen molar-refractivity contribution in [3.8, 4) is 11.4 Å². The van der Waals surface area contributed by atoms with E-state index in [1.54, 1.807) is 6.20 Å². The fourth-order valence-corrected chi connectivity index (χ4v) is 1.41. The molecule has 0 radical (unpaired) electrons. The molecular formula is C10H14N6. The van der Waals surface area contributed by atoms with Gasteiger partial charge in [0, 0.05) is 12.7 Å². The number of hydrogen-bond donors (Lipinski definition) is 3. The molecule has 0 atom stereocenters. The van der Waals surface area contributed by atoms with Gasteiger partial charge < -0.3 is 16.9 Å². The fraction of sp³-hybridized carbons (Fsp3) is 0.200. The van der Waals surface area contributed by atoms with Gasteiger partial charge in [0.25, 0.3) is 0 Å². The predicted octanol–water partition coefficient (Wildman–Crippen LogP) is 0.673. The summed E-state index contributed by atoms with van der Waals surface area (Å²) in [6, 6.07) is 5.56. The van der Waals surface area contributed by atoms with Crippen LogP contribution in [0.3, 0.4) is 0 Å². The molecule has 0 aliphatic carbocycles. The summed E-state index contributed by atoms with van der Waals surface area (Å²) in [5.41, 5.74) is 16.4. The van der Waals surface area contributed by atoms with Gasteiger partial charge >= 0.3 is 0 Å². The Morgan fingerprint density at radius 2 is 2.19 bits per heavy atom. The number of nitrogens with two attached hydrogens (primary N) is 2. The lowest BCUT2D eigenvalue weighted by molar-refractivity contribution is 0.759. The predicted molar refractivity (Wildman–Crippen MR) is 64.2 cm³/mol. The molecule has 2 aromatic rings. The lowest BCUT2D eigenvalue weighted by Gasteiger charge is -2.03. The number of rotatable bonds is 3. The summed E-state index contributed by atoms with van der Waals surface area (Å²) in [7, 11) is 0. The quantitative estimate of drug-likeness (QED) is 0.704. The molecular weight excluding hydrogens is 204 g/mol.